The molecule has 0 spiro atoms. The molecule has 1 atom stereocenters. The zero-order chi connectivity index (χ0) is 13.1. The number of likely N-dealkylation sites (tertiary alicyclic amines) is 1. The molecule has 1 aromatic rings. The molecule has 1 N–H and O–H groups in total. The first-order chi connectivity index (χ1) is 8.63. The largest absolute Gasteiger partial charge is 0.507 e. The monoisotopic (exact) mass is 247 g/mol. The average Bonchev–Trinajstić information content (AvgIpc) is 2.39. The van der Waals surface area contributed by atoms with Crippen LogP contribution in [-0.2, 0) is 4.79 Å². The summed E-state index contributed by atoms with van der Waals surface area (Å²) in [7, 11) is 0. The molecule has 1 saturated heterocycles. The van der Waals surface area contributed by atoms with Gasteiger partial charge in [0.1, 0.15) is 11.5 Å². The van der Waals surface area contributed by atoms with Gasteiger partial charge in [-0.05, 0) is 18.6 Å². The van der Waals surface area contributed by atoms with Crippen molar-refractivity contribution in [3.8, 4) is 5.75 Å². The molecule has 4 heteroatoms. The topological polar surface area (TPSA) is 57.6 Å². The highest BCUT2D eigenvalue weighted by atomic mass is 16.3. The number of phenolic OH excluding ortho intramolecular Hbond substituents is 1. The summed E-state index contributed by atoms with van der Waals surface area (Å²) in [6, 6.07) is 6.51. The van der Waals surface area contributed by atoms with E-state index in [1.54, 1.807) is 23.1 Å². The summed E-state index contributed by atoms with van der Waals surface area (Å²) in [5.41, 5.74) is 0.307. The number of benzene rings is 1. The lowest BCUT2D eigenvalue weighted by molar-refractivity contribution is -0.125. The molecule has 0 aromatic heterocycles. The van der Waals surface area contributed by atoms with Gasteiger partial charge in [-0.25, -0.2) is 0 Å². The zero-order valence-corrected chi connectivity index (χ0v) is 10.4. The number of piperidine rings is 1. The number of rotatable bonds is 2. The van der Waals surface area contributed by atoms with Gasteiger partial charge in [-0.3, -0.25) is 9.59 Å². The molecule has 1 unspecified atom stereocenters. The van der Waals surface area contributed by atoms with Crippen LogP contribution in [0.3, 0.4) is 0 Å². The fourth-order valence-electron chi connectivity index (χ4n) is 2.27. The van der Waals surface area contributed by atoms with E-state index in [2.05, 4.69) is 0 Å². The van der Waals surface area contributed by atoms with E-state index in [4.69, 9.17) is 0 Å². The Morgan fingerprint density at radius 2 is 2.17 bits per heavy atom. The van der Waals surface area contributed by atoms with Gasteiger partial charge in [-0.2, -0.15) is 0 Å². The van der Waals surface area contributed by atoms with Crippen LogP contribution >= 0.6 is 0 Å². The van der Waals surface area contributed by atoms with Crippen molar-refractivity contribution in [3.63, 3.8) is 0 Å². The molecule has 96 valence electrons. The number of hydrogen-bond acceptors (Lipinski definition) is 3. The molecule has 18 heavy (non-hydrogen) atoms. The third kappa shape index (κ3) is 2.37. The number of ketones is 1. The first-order valence-corrected chi connectivity index (χ1v) is 6.23. The SMILES string of the molecule is CCC1CN(C(=O)c2ccccc2O)CCC1=O. The van der Waals surface area contributed by atoms with Gasteiger partial charge < -0.3 is 10.0 Å². The van der Waals surface area contributed by atoms with Crippen molar-refractivity contribution in [2.75, 3.05) is 13.1 Å². The second-order valence-corrected chi connectivity index (χ2v) is 4.59. The van der Waals surface area contributed by atoms with E-state index in [1.807, 2.05) is 6.92 Å². The summed E-state index contributed by atoms with van der Waals surface area (Å²) < 4.78 is 0. The van der Waals surface area contributed by atoms with E-state index in [-0.39, 0.29) is 23.4 Å². The molecule has 1 amide bonds. The number of amides is 1. The standard InChI is InChI=1S/C14H17NO3/c1-2-10-9-15(8-7-12(10)16)14(18)11-5-3-4-6-13(11)17/h3-6,10,17H,2,7-9H2,1H3. The molecular formula is C14H17NO3. The van der Waals surface area contributed by atoms with E-state index >= 15 is 0 Å². The Hall–Kier alpha value is -1.84. The summed E-state index contributed by atoms with van der Waals surface area (Å²) in [6.07, 6.45) is 1.17. The van der Waals surface area contributed by atoms with Gasteiger partial charge in [-0.1, -0.05) is 19.1 Å². The predicted octanol–water partition coefficient (Wildman–Crippen LogP) is 1.83. The Bertz CT molecular complexity index is 470. The highest BCUT2D eigenvalue weighted by Gasteiger charge is 2.29. The van der Waals surface area contributed by atoms with Crippen LogP contribution in [0.2, 0.25) is 0 Å². The summed E-state index contributed by atoms with van der Waals surface area (Å²) in [6.45, 7) is 2.86. The minimum Gasteiger partial charge on any atom is -0.507 e. The van der Waals surface area contributed by atoms with Crippen LogP contribution in [0.4, 0.5) is 0 Å². The van der Waals surface area contributed by atoms with Crippen molar-refractivity contribution in [3.05, 3.63) is 29.8 Å². The molecule has 0 radical (unpaired) electrons. The second-order valence-electron chi connectivity index (χ2n) is 4.59. The lowest BCUT2D eigenvalue weighted by Crippen LogP contribution is -2.43. The quantitative estimate of drug-likeness (QED) is 0.867. The third-order valence-corrected chi connectivity index (χ3v) is 3.44. The van der Waals surface area contributed by atoms with Crippen molar-refractivity contribution < 1.29 is 14.7 Å². The number of hydrogen-bond donors (Lipinski definition) is 1. The molecule has 1 fully saturated rings. The maximum Gasteiger partial charge on any atom is 0.257 e. The highest BCUT2D eigenvalue weighted by molar-refractivity contribution is 5.98. The molecule has 0 bridgehead atoms. The van der Waals surface area contributed by atoms with Gasteiger partial charge in [0.15, 0.2) is 0 Å². The first-order valence-electron chi connectivity index (χ1n) is 6.23. The molecule has 1 aliphatic rings. The van der Waals surface area contributed by atoms with E-state index in [1.165, 1.54) is 6.07 Å². The smallest absolute Gasteiger partial charge is 0.257 e. The van der Waals surface area contributed by atoms with Gasteiger partial charge in [0.05, 0.1) is 5.56 Å². The number of carbonyl (C=O) groups is 2. The van der Waals surface area contributed by atoms with Crippen molar-refractivity contribution in [2.45, 2.75) is 19.8 Å². The van der Waals surface area contributed by atoms with Crippen molar-refractivity contribution in [2.24, 2.45) is 5.92 Å². The number of carbonyl (C=O) groups excluding carboxylic acids is 2. The molecule has 1 aromatic carbocycles. The Kier molecular flexibility index (Phi) is 3.65. The predicted molar refractivity (Wildman–Crippen MR) is 67.4 cm³/mol. The van der Waals surface area contributed by atoms with E-state index in [0.717, 1.165) is 6.42 Å². The van der Waals surface area contributed by atoms with Gasteiger partial charge in [-0.15, -0.1) is 0 Å². The number of nitrogens with zero attached hydrogens (tertiary/aromatic N) is 1. The first kappa shape index (κ1) is 12.6. The molecule has 0 saturated carbocycles. The van der Waals surface area contributed by atoms with Crippen LogP contribution in [-0.4, -0.2) is 34.8 Å². The summed E-state index contributed by atoms with van der Waals surface area (Å²) in [5, 5.41) is 9.67. The lowest BCUT2D eigenvalue weighted by atomic mass is 9.93. The second kappa shape index (κ2) is 5.21. The Morgan fingerprint density at radius 3 is 2.83 bits per heavy atom. The maximum atomic E-state index is 12.2. The zero-order valence-electron chi connectivity index (χ0n) is 10.4. The van der Waals surface area contributed by atoms with E-state index < -0.39 is 0 Å². The fraction of sp³-hybridized carbons (Fsp3) is 0.429. The minimum absolute atomic E-state index is 0.00699. The summed E-state index contributed by atoms with van der Waals surface area (Å²) in [5.74, 6) is -0.0288. The van der Waals surface area contributed by atoms with Gasteiger partial charge in [0.2, 0.25) is 0 Å². The number of para-hydroxylation sites is 1. The third-order valence-electron chi connectivity index (χ3n) is 3.44. The number of aromatic hydroxyl groups is 1. The molecular weight excluding hydrogens is 230 g/mol. The molecule has 1 heterocycles. The van der Waals surface area contributed by atoms with Crippen LogP contribution in [0.1, 0.15) is 30.1 Å². The van der Waals surface area contributed by atoms with Crippen LogP contribution in [0, 0.1) is 5.92 Å². The van der Waals surface area contributed by atoms with Gasteiger partial charge in [0, 0.05) is 25.4 Å². The Morgan fingerprint density at radius 1 is 1.44 bits per heavy atom. The molecule has 2 rings (SSSR count). The van der Waals surface area contributed by atoms with E-state index in [9.17, 15) is 14.7 Å². The highest BCUT2D eigenvalue weighted by Crippen LogP contribution is 2.22. The van der Waals surface area contributed by atoms with E-state index in [0.29, 0.717) is 25.1 Å². The molecule has 0 aliphatic carbocycles. The number of phenols is 1. The molecule has 4 nitrogen and oxygen atoms in total. The van der Waals surface area contributed by atoms with Crippen LogP contribution < -0.4 is 0 Å². The lowest BCUT2D eigenvalue weighted by Gasteiger charge is -2.31. The summed E-state index contributed by atoms with van der Waals surface area (Å²) >= 11 is 0. The van der Waals surface area contributed by atoms with Crippen LogP contribution in [0.15, 0.2) is 24.3 Å². The Labute approximate surface area is 106 Å². The minimum atomic E-state index is -0.195. The average molecular weight is 247 g/mol. The molecule has 1 aliphatic heterocycles. The van der Waals surface area contributed by atoms with Crippen LogP contribution in [0.25, 0.3) is 0 Å². The normalized spacial score (nSPS) is 19.9. The fourth-order valence-corrected chi connectivity index (χ4v) is 2.27. The maximum absolute atomic E-state index is 12.2. The number of Topliss-reactive ketones (excluding diaryl/α,β-unsaturated/α-hetero) is 1. The van der Waals surface area contributed by atoms with Crippen molar-refractivity contribution in [1.82, 2.24) is 4.90 Å². The van der Waals surface area contributed by atoms with Crippen molar-refractivity contribution in [1.29, 1.82) is 0 Å². The Balaban J connectivity index is 2.15. The van der Waals surface area contributed by atoms with Crippen molar-refractivity contribution >= 4 is 11.7 Å². The van der Waals surface area contributed by atoms with Crippen LogP contribution in [0.5, 0.6) is 5.75 Å². The van der Waals surface area contributed by atoms with Gasteiger partial charge in [0.25, 0.3) is 5.91 Å². The summed E-state index contributed by atoms with van der Waals surface area (Å²) in [4.78, 5) is 25.5. The van der Waals surface area contributed by atoms with Gasteiger partial charge >= 0.3 is 0 Å².